The number of halogens is 1. The van der Waals surface area contributed by atoms with E-state index in [9.17, 15) is 14.9 Å². The van der Waals surface area contributed by atoms with Crippen LogP contribution in [-0.2, 0) is 4.74 Å². The minimum Gasteiger partial charge on any atom is -0.442 e. The number of hydrogen-bond acceptors (Lipinski definition) is 5. The molecular formula is C15H22IN3O4. The van der Waals surface area contributed by atoms with E-state index in [0.29, 0.717) is 13.1 Å². The van der Waals surface area contributed by atoms with E-state index in [1.807, 2.05) is 30.6 Å². The molecule has 0 unspecified atom stereocenters. The summed E-state index contributed by atoms with van der Waals surface area (Å²) in [6.45, 7) is 6.85. The summed E-state index contributed by atoms with van der Waals surface area (Å²) in [5.41, 5.74) is 0.632. The number of benzene rings is 1. The SMILES string of the molecule is CC(C)(C)NC(=O)OC1CN(c2ccc([N+](=O)[O-])cc2)C1.CI. The zero-order valence-corrected chi connectivity index (χ0v) is 15.9. The van der Waals surface area contributed by atoms with Crippen molar-refractivity contribution in [2.75, 3.05) is 22.9 Å². The quantitative estimate of drug-likeness (QED) is 0.341. The van der Waals surface area contributed by atoms with E-state index in [1.165, 1.54) is 12.1 Å². The Labute approximate surface area is 149 Å². The van der Waals surface area contributed by atoms with E-state index >= 15 is 0 Å². The fourth-order valence-corrected chi connectivity index (χ4v) is 2.00. The van der Waals surface area contributed by atoms with Crippen LogP contribution in [-0.4, -0.2) is 40.7 Å². The molecule has 1 aromatic carbocycles. The lowest BCUT2D eigenvalue weighted by Crippen LogP contribution is -2.55. The summed E-state index contributed by atoms with van der Waals surface area (Å²) in [5.74, 6) is 0. The van der Waals surface area contributed by atoms with Crippen LogP contribution in [0.3, 0.4) is 0 Å². The van der Waals surface area contributed by atoms with Gasteiger partial charge in [-0.05, 0) is 37.8 Å². The molecule has 0 bridgehead atoms. The van der Waals surface area contributed by atoms with E-state index in [2.05, 4.69) is 27.9 Å². The molecule has 0 atom stereocenters. The number of amides is 1. The van der Waals surface area contributed by atoms with Crippen LogP contribution in [0.15, 0.2) is 24.3 Å². The Morgan fingerprint density at radius 3 is 2.26 bits per heavy atom. The molecule has 0 aliphatic carbocycles. The van der Waals surface area contributed by atoms with Crippen molar-refractivity contribution in [3.05, 3.63) is 34.4 Å². The van der Waals surface area contributed by atoms with Crippen LogP contribution in [0, 0.1) is 10.1 Å². The molecule has 2 rings (SSSR count). The van der Waals surface area contributed by atoms with Gasteiger partial charge in [0.05, 0.1) is 18.0 Å². The number of nitrogens with zero attached hydrogens (tertiary/aromatic N) is 2. The number of nitrogens with one attached hydrogen (secondary N) is 1. The third-order valence-electron chi connectivity index (χ3n) is 3.02. The molecule has 0 spiro atoms. The van der Waals surface area contributed by atoms with Gasteiger partial charge in [-0.3, -0.25) is 10.1 Å². The van der Waals surface area contributed by atoms with Gasteiger partial charge in [-0.25, -0.2) is 4.79 Å². The summed E-state index contributed by atoms with van der Waals surface area (Å²) in [6, 6.07) is 6.33. The number of hydrogen-bond donors (Lipinski definition) is 1. The summed E-state index contributed by atoms with van der Waals surface area (Å²) in [7, 11) is 0. The molecule has 1 aromatic rings. The Morgan fingerprint density at radius 2 is 1.83 bits per heavy atom. The molecule has 0 aromatic heterocycles. The van der Waals surface area contributed by atoms with E-state index < -0.39 is 11.0 Å². The Kier molecular flexibility index (Phi) is 7.04. The second-order valence-electron chi connectivity index (χ2n) is 6.08. The first-order valence-corrected chi connectivity index (χ1v) is 9.26. The van der Waals surface area contributed by atoms with Gasteiger partial charge in [0.2, 0.25) is 0 Å². The second-order valence-corrected chi connectivity index (χ2v) is 6.08. The fourth-order valence-electron chi connectivity index (χ4n) is 2.00. The van der Waals surface area contributed by atoms with Gasteiger partial charge >= 0.3 is 6.09 Å². The van der Waals surface area contributed by atoms with Crippen molar-refractivity contribution in [3.8, 4) is 0 Å². The van der Waals surface area contributed by atoms with Crippen molar-refractivity contribution in [3.63, 3.8) is 0 Å². The molecule has 128 valence electrons. The van der Waals surface area contributed by atoms with Crippen LogP contribution in [0.1, 0.15) is 20.8 Å². The van der Waals surface area contributed by atoms with Crippen molar-refractivity contribution in [2.24, 2.45) is 0 Å². The first-order chi connectivity index (χ1) is 10.7. The molecular weight excluding hydrogens is 413 g/mol. The number of carbonyl (C=O) groups excluding carboxylic acids is 1. The number of alkyl halides is 1. The fraction of sp³-hybridized carbons (Fsp3) is 0.533. The molecule has 8 heteroatoms. The minimum atomic E-state index is -0.428. The second kappa shape index (κ2) is 8.32. The van der Waals surface area contributed by atoms with Gasteiger partial charge < -0.3 is 15.0 Å². The number of ether oxygens (including phenoxy) is 1. The summed E-state index contributed by atoms with van der Waals surface area (Å²) in [5, 5.41) is 13.3. The highest BCUT2D eigenvalue weighted by Crippen LogP contribution is 2.24. The summed E-state index contributed by atoms with van der Waals surface area (Å²) in [6.07, 6.45) is -0.571. The lowest BCUT2D eigenvalue weighted by atomic mass is 10.1. The predicted octanol–water partition coefficient (Wildman–Crippen LogP) is 3.36. The number of rotatable bonds is 3. The van der Waals surface area contributed by atoms with Gasteiger partial charge in [-0.1, -0.05) is 22.6 Å². The largest absolute Gasteiger partial charge is 0.442 e. The van der Waals surface area contributed by atoms with Gasteiger partial charge in [0.15, 0.2) is 0 Å². The first kappa shape index (κ1) is 19.5. The Balaban J connectivity index is 0.00000127. The highest BCUT2D eigenvalue weighted by Gasteiger charge is 2.31. The zero-order valence-electron chi connectivity index (χ0n) is 13.7. The standard InChI is InChI=1S/C14H19N3O4.CH3I/c1-14(2,3)15-13(18)21-12-8-16(9-12)10-4-6-11(7-5-10)17(19)20;1-2/h4-7,12H,8-9H2,1-3H3,(H,15,18);1H3. The van der Waals surface area contributed by atoms with Gasteiger partial charge in [0.25, 0.3) is 5.69 Å². The van der Waals surface area contributed by atoms with Crippen molar-refractivity contribution in [1.29, 1.82) is 0 Å². The summed E-state index contributed by atoms with van der Waals surface area (Å²) < 4.78 is 5.28. The van der Waals surface area contributed by atoms with Crippen molar-refractivity contribution >= 4 is 40.1 Å². The highest BCUT2D eigenvalue weighted by atomic mass is 127. The Hall–Kier alpha value is -1.58. The van der Waals surface area contributed by atoms with Crippen LogP contribution < -0.4 is 10.2 Å². The molecule has 23 heavy (non-hydrogen) atoms. The lowest BCUT2D eigenvalue weighted by Gasteiger charge is -2.40. The van der Waals surface area contributed by atoms with Crippen LogP contribution >= 0.6 is 22.6 Å². The van der Waals surface area contributed by atoms with E-state index in [1.54, 1.807) is 12.1 Å². The predicted molar refractivity (Wildman–Crippen MR) is 98.4 cm³/mol. The third-order valence-corrected chi connectivity index (χ3v) is 3.02. The topological polar surface area (TPSA) is 84.7 Å². The van der Waals surface area contributed by atoms with Crippen molar-refractivity contribution in [1.82, 2.24) is 5.32 Å². The molecule has 1 N–H and O–H groups in total. The zero-order chi connectivity index (χ0) is 17.6. The van der Waals surface area contributed by atoms with Crippen LogP contribution in [0.4, 0.5) is 16.2 Å². The molecule has 1 fully saturated rings. The first-order valence-electron chi connectivity index (χ1n) is 7.10. The molecule has 1 saturated heterocycles. The molecule has 0 radical (unpaired) electrons. The third kappa shape index (κ3) is 6.20. The maximum atomic E-state index is 11.6. The normalized spacial score (nSPS) is 14.2. The monoisotopic (exact) mass is 435 g/mol. The van der Waals surface area contributed by atoms with Gasteiger partial charge in [0.1, 0.15) is 6.10 Å². The average Bonchev–Trinajstić information content (AvgIpc) is 2.43. The average molecular weight is 435 g/mol. The van der Waals surface area contributed by atoms with Gasteiger partial charge in [-0.2, -0.15) is 0 Å². The molecule has 1 aliphatic rings. The summed E-state index contributed by atoms with van der Waals surface area (Å²) >= 11 is 2.15. The van der Waals surface area contributed by atoms with Crippen LogP contribution in [0.25, 0.3) is 0 Å². The van der Waals surface area contributed by atoms with Crippen molar-refractivity contribution in [2.45, 2.75) is 32.4 Å². The van der Waals surface area contributed by atoms with E-state index in [0.717, 1.165) is 5.69 Å². The number of alkyl carbamates (subject to hydrolysis) is 1. The van der Waals surface area contributed by atoms with Crippen LogP contribution in [0.5, 0.6) is 0 Å². The molecule has 1 aliphatic heterocycles. The van der Waals surface area contributed by atoms with Gasteiger partial charge in [-0.15, -0.1) is 0 Å². The Morgan fingerprint density at radius 1 is 1.30 bits per heavy atom. The summed E-state index contributed by atoms with van der Waals surface area (Å²) in [4.78, 5) is 25.7. The molecule has 1 heterocycles. The molecule has 7 nitrogen and oxygen atoms in total. The van der Waals surface area contributed by atoms with Crippen LogP contribution in [0.2, 0.25) is 0 Å². The smallest absolute Gasteiger partial charge is 0.407 e. The van der Waals surface area contributed by atoms with E-state index in [-0.39, 0.29) is 17.3 Å². The maximum Gasteiger partial charge on any atom is 0.407 e. The lowest BCUT2D eigenvalue weighted by molar-refractivity contribution is -0.384. The van der Waals surface area contributed by atoms with Crippen molar-refractivity contribution < 1.29 is 14.5 Å². The number of nitro benzene ring substituents is 1. The number of anilines is 1. The molecule has 1 amide bonds. The number of carbonyl (C=O) groups is 1. The number of non-ortho nitro benzene ring substituents is 1. The molecule has 0 saturated carbocycles. The Bertz CT molecular complexity index is 537. The highest BCUT2D eigenvalue weighted by molar-refractivity contribution is 14.1. The maximum absolute atomic E-state index is 11.6. The number of nitro groups is 1. The minimum absolute atomic E-state index is 0.0663. The van der Waals surface area contributed by atoms with E-state index in [4.69, 9.17) is 4.74 Å². The van der Waals surface area contributed by atoms with Gasteiger partial charge in [0, 0.05) is 23.4 Å².